The van der Waals surface area contributed by atoms with Gasteiger partial charge in [-0.3, -0.25) is 9.59 Å². The molecular formula is C10H12ClNO4. The highest BCUT2D eigenvalue weighted by Crippen LogP contribution is 2.16. The van der Waals surface area contributed by atoms with E-state index in [9.17, 15) is 9.59 Å². The second-order valence-corrected chi connectivity index (χ2v) is 3.93. The summed E-state index contributed by atoms with van der Waals surface area (Å²) in [7, 11) is 1.52. The second-order valence-electron chi connectivity index (χ2n) is 3.49. The molecule has 16 heavy (non-hydrogen) atoms. The zero-order chi connectivity index (χ0) is 12.3. The SMILES string of the molecule is CC(CC(=O)O)N(C)C(=O)c1cc(Cl)co1. The minimum atomic E-state index is -0.954. The number of rotatable bonds is 4. The molecule has 1 aromatic rings. The average molecular weight is 246 g/mol. The summed E-state index contributed by atoms with van der Waals surface area (Å²) in [6.07, 6.45) is 1.14. The van der Waals surface area contributed by atoms with Crippen molar-refractivity contribution >= 4 is 23.5 Å². The van der Waals surface area contributed by atoms with Crippen LogP contribution >= 0.6 is 11.6 Å². The number of hydrogen-bond donors (Lipinski definition) is 1. The Hall–Kier alpha value is -1.49. The smallest absolute Gasteiger partial charge is 0.305 e. The Balaban J connectivity index is 2.70. The van der Waals surface area contributed by atoms with Gasteiger partial charge in [0, 0.05) is 19.2 Å². The quantitative estimate of drug-likeness (QED) is 0.879. The third-order valence-electron chi connectivity index (χ3n) is 2.23. The number of carbonyl (C=O) groups is 2. The minimum Gasteiger partial charge on any atom is -0.481 e. The number of carbonyl (C=O) groups excluding carboxylic acids is 1. The molecule has 1 heterocycles. The summed E-state index contributed by atoms with van der Waals surface area (Å²) >= 11 is 5.61. The third-order valence-corrected chi connectivity index (χ3v) is 2.43. The topological polar surface area (TPSA) is 70.8 Å². The van der Waals surface area contributed by atoms with Gasteiger partial charge in [0.05, 0.1) is 11.4 Å². The lowest BCUT2D eigenvalue weighted by molar-refractivity contribution is -0.137. The number of hydrogen-bond acceptors (Lipinski definition) is 3. The Labute approximate surface area is 97.6 Å². The number of amides is 1. The molecule has 5 nitrogen and oxygen atoms in total. The van der Waals surface area contributed by atoms with Crippen LogP contribution in [-0.2, 0) is 4.79 Å². The first-order chi connectivity index (χ1) is 7.41. The molecule has 1 N–H and O–H groups in total. The van der Waals surface area contributed by atoms with E-state index in [2.05, 4.69) is 0 Å². The van der Waals surface area contributed by atoms with Crippen LogP contribution in [0.3, 0.4) is 0 Å². The molecule has 1 rings (SSSR count). The Morgan fingerprint density at radius 3 is 2.69 bits per heavy atom. The fraction of sp³-hybridized carbons (Fsp3) is 0.400. The summed E-state index contributed by atoms with van der Waals surface area (Å²) in [5, 5.41) is 8.94. The number of halogens is 1. The van der Waals surface area contributed by atoms with E-state index in [-0.39, 0.29) is 18.1 Å². The number of carboxylic acids is 1. The van der Waals surface area contributed by atoms with Crippen LogP contribution in [0.5, 0.6) is 0 Å². The first-order valence-electron chi connectivity index (χ1n) is 4.64. The predicted octanol–water partition coefficient (Wildman–Crippen LogP) is 1.87. The van der Waals surface area contributed by atoms with E-state index in [4.69, 9.17) is 21.1 Å². The van der Waals surface area contributed by atoms with E-state index in [1.165, 1.54) is 24.3 Å². The van der Waals surface area contributed by atoms with Crippen molar-refractivity contribution in [3.8, 4) is 0 Å². The molecule has 6 heteroatoms. The molecule has 0 bridgehead atoms. The second kappa shape index (κ2) is 5.03. The van der Waals surface area contributed by atoms with Crippen LogP contribution in [0, 0.1) is 0 Å². The number of carboxylic acid groups (broad SMARTS) is 1. The summed E-state index contributed by atoms with van der Waals surface area (Å²) < 4.78 is 4.93. The maximum Gasteiger partial charge on any atom is 0.305 e. The molecule has 88 valence electrons. The van der Waals surface area contributed by atoms with E-state index in [0.717, 1.165) is 0 Å². The van der Waals surface area contributed by atoms with Crippen LogP contribution in [0.25, 0.3) is 0 Å². The average Bonchev–Trinajstić information content (AvgIpc) is 2.61. The van der Waals surface area contributed by atoms with Crippen molar-refractivity contribution < 1.29 is 19.1 Å². The maximum absolute atomic E-state index is 11.8. The van der Waals surface area contributed by atoms with Gasteiger partial charge in [0.2, 0.25) is 0 Å². The molecule has 0 saturated heterocycles. The summed E-state index contributed by atoms with van der Waals surface area (Å²) in [5.74, 6) is -1.24. The molecule has 0 radical (unpaired) electrons. The Morgan fingerprint density at radius 1 is 1.62 bits per heavy atom. The van der Waals surface area contributed by atoms with Gasteiger partial charge < -0.3 is 14.4 Å². The lowest BCUT2D eigenvalue weighted by atomic mass is 10.2. The largest absolute Gasteiger partial charge is 0.481 e. The van der Waals surface area contributed by atoms with Crippen LogP contribution in [0.1, 0.15) is 23.9 Å². The van der Waals surface area contributed by atoms with Crippen LogP contribution in [0.2, 0.25) is 5.02 Å². The van der Waals surface area contributed by atoms with Crippen LogP contribution < -0.4 is 0 Å². The van der Waals surface area contributed by atoms with E-state index < -0.39 is 12.0 Å². The molecular weight excluding hydrogens is 234 g/mol. The lowest BCUT2D eigenvalue weighted by Crippen LogP contribution is -2.36. The standard InChI is InChI=1S/C10H12ClNO4/c1-6(3-9(13)14)12(2)10(15)8-4-7(11)5-16-8/h4-6H,3H2,1-2H3,(H,13,14). The number of aliphatic carboxylic acids is 1. The highest BCUT2D eigenvalue weighted by Gasteiger charge is 2.21. The van der Waals surface area contributed by atoms with Crippen molar-refractivity contribution in [3.05, 3.63) is 23.1 Å². The zero-order valence-electron chi connectivity index (χ0n) is 8.94. The van der Waals surface area contributed by atoms with Gasteiger partial charge in [-0.2, -0.15) is 0 Å². The third kappa shape index (κ3) is 3.00. The first-order valence-corrected chi connectivity index (χ1v) is 5.02. The minimum absolute atomic E-state index is 0.102. The van der Waals surface area contributed by atoms with E-state index in [1.807, 2.05) is 0 Å². The maximum atomic E-state index is 11.8. The van der Waals surface area contributed by atoms with Crippen molar-refractivity contribution in [2.45, 2.75) is 19.4 Å². The molecule has 0 aliphatic rings. The highest BCUT2D eigenvalue weighted by atomic mass is 35.5. The van der Waals surface area contributed by atoms with Gasteiger partial charge in [-0.05, 0) is 6.92 Å². The molecule has 0 aliphatic carbocycles. The van der Waals surface area contributed by atoms with E-state index in [1.54, 1.807) is 6.92 Å². The molecule has 0 spiro atoms. The normalized spacial score (nSPS) is 12.2. The molecule has 1 unspecified atom stereocenters. The van der Waals surface area contributed by atoms with Crippen LogP contribution in [0.4, 0.5) is 0 Å². The van der Waals surface area contributed by atoms with Gasteiger partial charge in [0.1, 0.15) is 6.26 Å². The van der Waals surface area contributed by atoms with Crippen LogP contribution in [0.15, 0.2) is 16.7 Å². The van der Waals surface area contributed by atoms with Gasteiger partial charge in [-0.25, -0.2) is 0 Å². The van der Waals surface area contributed by atoms with Gasteiger partial charge in [-0.1, -0.05) is 11.6 Å². The van der Waals surface area contributed by atoms with Crippen molar-refractivity contribution in [1.82, 2.24) is 4.90 Å². The van der Waals surface area contributed by atoms with Gasteiger partial charge in [-0.15, -0.1) is 0 Å². The Bertz CT molecular complexity index is 401. The fourth-order valence-corrected chi connectivity index (χ4v) is 1.33. The number of nitrogens with zero attached hydrogens (tertiary/aromatic N) is 1. The zero-order valence-corrected chi connectivity index (χ0v) is 9.69. The number of furan rings is 1. The summed E-state index contributed by atoms with van der Waals surface area (Å²) in [6.45, 7) is 1.65. The molecule has 1 amide bonds. The van der Waals surface area contributed by atoms with Crippen molar-refractivity contribution in [2.24, 2.45) is 0 Å². The summed E-state index contributed by atoms with van der Waals surface area (Å²) in [4.78, 5) is 23.6. The molecule has 0 aromatic carbocycles. The predicted molar refractivity (Wildman–Crippen MR) is 57.5 cm³/mol. The summed E-state index contributed by atoms with van der Waals surface area (Å²) in [5.41, 5.74) is 0. The monoisotopic (exact) mass is 245 g/mol. The summed E-state index contributed by atoms with van der Waals surface area (Å²) in [6, 6.07) is 0.988. The van der Waals surface area contributed by atoms with Gasteiger partial charge in [0.15, 0.2) is 5.76 Å². The van der Waals surface area contributed by atoms with Gasteiger partial charge >= 0.3 is 5.97 Å². The van der Waals surface area contributed by atoms with E-state index in [0.29, 0.717) is 5.02 Å². The fourth-order valence-electron chi connectivity index (χ4n) is 1.19. The van der Waals surface area contributed by atoms with Crippen molar-refractivity contribution in [3.63, 3.8) is 0 Å². The van der Waals surface area contributed by atoms with Crippen LogP contribution in [-0.4, -0.2) is 35.0 Å². The van der Waals surface area contributed by atoms with Gasteiger partial charge in [0.25, 0.3) is 5.91 Å². The molecule has 1 aromatic heterocycles. The molecule has 0 saturated carbocycles. The first kappa shape index (κ1) is 12.6. The lowest BCUT2D eigenvalue weighted by Gasteiger charge is -2.22. The van der Waals surface area contributed by atoms with E-state index >= 15 is 0 Å². The molecule has 0 aliphatic heterocycles. The molecule has 1 atom stereocenters. The van der Waals surface area contributed by atoms with Crippen molar-refractivity contribution in [1.29, 1.82) is 0 Å². The Morgan fingerprint density at radius 2 is 2.25 bits per heavy atom. The van der Waals surface area contributed by atoms with Crippen molar-refractivity contribution in [2.75, 3.05) is 7.05 Å². The molecule has 0 fully saturated rings. The highest BCUT2D eigenvalue weighted by molar-refractivity contribution is 6.30. The Kier molecular flexibility index (Phi) is 3.95.